The lowest BCUT2D eigenvalue weighted by atomic mass is 9.78. The van der Waals surface area contributed by atoms with E-state index in [9.17, 15) is 4.79 Å². The van der Waals surface area contributed by atoms with E-state index in [2.05, 4.69) is 5.32 Å². The van der Waals surface area contributed by atoms with E-state index < -0.39 is 0 Å². The van der Waals surface area contributed by atoms with E-state index in [4.69, 9.17) is 4.74 Å². The van der Waals surface area contributed by atoms with Crippen LogP contribution in [0.25, 0.3) is 0 Å². The van der Waals surface area contributed by atoms with Gasteiger partial charge < -0.3 is 15.0 Å². The summed E-state index contributed by atoms with van der Waals surface area (Å²) in [7, 11) is 0. The van der Waals surface area contributed by atoms with E-state index in [0.29, 0.717) is 6.61 Å². The third kappa shape index (κ3) is 2.01. The van der Waals surface area contributed by atoms with Gasteiger partial charge in [-0.2, -0.15) is 0 Å². The molecule has 86 valence electrons. The number of hydrogen-bond donors (Lipinski definition) is 1. The quantitative estimate of drug-likeness (QED) is 0.735. The highest BCUT2D eigenvalue weighted by Gasteiger charge is 2.47. The molecule has 2 saturated heterocycles. The summed E-state index contributed by atoms with van der Waals surface area (Å²) in [5.41, 5.74) is 0.131. The number of nitrogens with zero attached hydrogens (tertiary/aromatic N) is 1. The molecule has 0 saturated carbocycles. The molecule has 2 aliphatic heterocycles. The first kappa shape index (κ1) is 10.9. The molecule has 0 aromatic carbocycles. The van der Waals surface area contributed by atoms with E-state index in [1.807, 2.05) is 11.8 Å². The predicted octanol–water partition coefficient (Wildman–Crippen LogP) is 0.377. The lowest BCUT2D eigenvalue weighted by Crippen LogP contribution is -2.68. The standard InChI is InChI=1S/C11H20N2O2/c1-2-15-8-10(14)13-7-5-11(13)4-3-6-12-9-11/h12H,2-9H2,1H3/t11-/m1/s1. The molecule has 15 heavy (non-hydrogen) atoms. The van der Waals surface area contributed by atoms with Crippen LogP contribution in [-0.2, 0) is 9.53 Å². The normalized spacial score (nSPS) is 30.3. The Balaban J connectivity index is 1.89. The molecule has 0 radical (unpaired) electrons. The monoisotopic (exact) mass is 212 g/mol. The SMILES string of the molecule is CCOCC(=O)N1CC[C@@]12CCCNC2. The molecular formula is C11H20N2O2. The van der Waals surface area contributed by atoms with Crippen molar-refractivity contribution in [3.63, 3.8) is 0 Å². The van der Waals surface area contributed by atoms with Crippen LogP contribution in [0.5, 0.6) is 0 Å². The minimum Gasteiger partial charge on any atom is -0.372 e. The predicted molar refractivity (Wildman–Crippen MR) is 57.7 cm³/mol. The summed E-state index contributed by atoms with van der Waals surface area (Å²) >= 11 is 0. The maximum atomic E-state index is 11.8. The van der Waals surface area contributed by atoms with Crippen LogP contribution in [0.2, 0.25) is 0 Å². The van der Waals surface area contributed by atoms with Gasteiger partial charge in [0.1, 0.15) is 6.61 Å². The molecule has 0 aliphatic carbocycles. The Morgan fingerprint density at radius 3 is 2.93 bits per heavy atom. The van der Waals surface area contributed by atoms with Gasteiger partial charge >= 0.3 is 0 Å². The molecule has 4 nitrogen and oxygen atoms in total. The zero-order valence-corrected chi connectivity index (χ0v) is 9.42. The summed E-state index contributed by atoms with van der Waals surface area (Å²) in [6.07, 6.45) is 3.48. The van der Waals surface area contributed by atoms with Gasteiger partial charge in [-0.05, 0) is 32.7 Å². The zero-order valence-electron chi connectivity index (χ0n) is 9.42. The van der Waals surface area contributed by atoms with Crippen molar-refractivity contribution in [2.75, 3.05) is 32.8 Å². The Morgan fingerprint density at radius 2 is 2.40 bits per heavy atom. The number of ether oxygens (including phenoxy) is 1. The number of likely N-dealkylation sites (tertiary alicyclic amines) is 1. The van der Waals surface area contributed by atoms with Crippen molar-refractivity contribution in [2.45, 2.75) is 31.7 Å². The Morgan fingerprint density at radius 1 is 1.53 bits per heavy atom. The van der Waals surface area contributed by atoms with E-state index in [1.165, 1.54) is 6.42 Å². The zero-order chi connectivity index (χ0) is 10.7. The van der Waals surface area contributed by atoms with Crippen LogP contribution in [0.3, 0.4) is 0 Å². The van der Waals surface area contributed by atoms with Crippen molar-refractivity contribution in [3.05, 3.63) is 0 Å². The van der Waals surface area contributed by atoms with Gasteiger partial charge in [0, 0.05) is 19.7 Å². The first-order valence-electron chi connectivity index (χ1n) is 5.87. The molecule has 4 heteroatoms. The highest BCUT2D eigenvalue weighted by Crippen LogP contribution is 2.36. The summed E-state index contributed by atoms with van der Waals surface area (Å²) in [5, 5.41) is 3.38. The third-order valence-electron chi connectivity index (χ3n) is 3.55. The fourth-order valence-electron chi connectivity index (χ4n) is 2.59. The lowest BCUT2D eigenvalue weighted by molar-refractivity contribution is -0.154. The Kier molecular flexibility index (Phi) is 3.26. The second-order valence-corrected chi connectivity index (χ2v) is 4.44. The number of carbonyl (C=O) groups is 1. The fourth-order valence-corrected chi connectivity index (χ4v) is 2.59. The van der Waals surface area contributed by atoms with Crippen molar-refractivity contribution in [1.29, 1.82) is 0 Å². The molecule has 0 unspecified atom stereocenters. The molecule has 0 bridgehead atoms. The molecule has 1 spiro atoms. The maximum absolute atomic E-state index is 11.8. The van der Waals surface area contributed by atoms with E-state index in [0.717, 1.165) is 32.5 Å². The van der Waals surface area contributed by atoms with Crippen molar-refractivity contribution in [1.82, 2.24) is 10.2 Å². The van der Waals surface area contributed by atoms with Crippen LogP contribution in [0, 0.1) is 0 Å². The average molecular weight is 212 g/mol. The summed E-state index contributed by atoms with van der Waals surface area (Å²) in [6, 6.07) is 0. The molecule has 1 amide bonds. The van der Waals surface area contributed by atoms with Gasteiger partial charge in [0.05, 0.1) is 5.54 Å². The minimum absolute atomic E-state index is 0.131. The van der Waals surface area contributed by atoms with E-state index >= 15 is 0 Å². The molecule has 2 fully saturated rings. The topological polar surface area (TPSA) is 41.6 Å². The second kappa shape index (κ2) is 4.49. The highest BCUT2D eigenvalue weighted by atomic mass is 16.5. The van der Waals surface area contributed by atoms with Gasteiger partial charge in [0.15, 0.2) is 0 Å². The first-order valence-corrected chi connectivity index (χ1v) is 5.87. The summed E-state index contributed by atoms with van der Waals surface area (Å²) < 4.78 is 5.17. The fraction of sp³-hybridized carbons (Fsp3) is 0.909. The molecule has 0 aromatic heterocycles. The molecule has 2 heterocycles. The Hall–Kier alpha value is -0.610. The van der Waals surface area contributed by atoms with Crippen LogP contribution in [-0.4, -0.2) is 49.2 Å². The van der Waals surface area contributed by atoms with Gasteiger partial charge in [-0.3, -0.25) is 4.79 Å². The van der Waals surface area contributed by atoms with Crippen LogP contribution in [0.15, 0.2) is 0 Å². The maximum Gasteiger partial charge on any atom is 0.249 e. The first-order chi connectivity index (χ1) is 7.28. The van der Waals surface area contributed by atoms with E-state index in [1.54, 1.807) is 0 Å². The Bertz CT molecular complexity index is 237. The summed E-state index contributed by atoms with van der Waals surface area (Å²) in [6.45, 7) is 5.75. The molecule has 1 atom stereocenters. The molecule has 0 aromatic rings. The number of nitrogens with one attached hydrogen (secondary N) is 1. The average Bonchev–Trinajstić information content (AvgIpc) is 2.26. The van der Waals surface area contributed by atoms with Gasteiger partial charge in [0.25, 0.3) is 0 Å². The van der Waals surface area contributed by atoms with Crippen molar-refractivity contribution in [2.24, 2.45) is 0 Å². The molecule has 1 N–H and O–H groups in total. The number of amides is 1. The van der Waals surface area contributed by atoms with E-state index in [-0.39, 0.29) is 18.1 Å². The number of hydrogen-bond acceptors (Lipinski definition) is 3. The largest absolute Gasteiger partial charge is 0.372 e. The second-order valence-electron chi connectivity index (χ2n) is 4.44. The van der Waals surface area contributed by atoms with Crippen molar-refractivity contribution >= 4 is 5.91 Å². The van der Waals surface area contributed by atoms with Crippen LogP contribution < -0.4 is 5.32 Å². The number of carbonyl (C=O) groups excluding carboxylic acids is 1. The Labute approximate surface area is 91.0 Å². The van der Waals surface area contributed by atoms with Gasteiger partial charge in [-0.1, -0.05) is 0 Å². The summed E-state index contributed by atoms with van der Waals surface area (Å²) in [5.74, 6) is 0.159. The summed E-state index contributed by atoms with van der Waals surface area (Å²) in [4.78, 5) is 13.8. The molecule has 2 rings (SSSR count). The highest BCUT2D eigenvalue weighted by molar-refractivity contribution is 5.79. The van der Waals surface area contributed by atoms with Gasteiger partial charge in [-0.15, -0.1) is 0 Å². The van der Waals surface area contributed by atoms with Crippen molar-refractivity contribution in [3.8, 4) is 0 Å². The van der Waals surface area contributed by atoms with Crippen LogP contribution in [0.1, 0.15) is 26.2 Å². The number of rotatable bonds is 3. The minimum atomic E-state index is 0.131. The van der Waals surface area contributed by atoms with Crippen molar-refractivity contribution < 1.29 is 9.53 Å². The van der Waals surface area contributed by atoms with Gasteiger partial charge in [-0.25, -0.2) is 0 Å². The smallest absolute Gasteiger partial charge is 0.249 e. The molecule has 2 aliphatic rings. The molecular weight excluding hydrogens is 192 g/mol. The number of piperidine rings is 1. The van der Waals surface area contributed by atoms with Crippen LogP contribution in [0.4, 0.5) is 0 Å². The van der Waals surface area contributed by atoms with Gasteiger partial charge in [0.2, 0.25) is 5.91 Å². The third-order valence-corrected chi connectivity index (χ3v) is 3.55. The lowest BCUT2D eigenvalue weighted by Gasteiger charge is -2.55. The van der Waals surface area contributed by atoms with Crippen LogP contribution >= 0.6 is 0 Å².